The minimum absolute atomic E-state index is 0.325. The molecular formula is C13H22N2O. The van der Waals surface area contributed by atoms with Gasteiger partial charge in [0.15, 0.2) is 0 Å². The van der Waals surface area contributed by atoms with E-state index in [9.17, 15) is 0 Å². The first kappa shape index (κ1) is 13.1. The number of nitrogens with one attached hydrogen (secondary N) is 1. The van der Waals surface area contributed by atoms with Gasteiger partial charge in [-0.25, -0.2) is 0 Å². The lowest BCUT2D eigenvalue weighted by molar-refractivity contribution is 0.141. The van der Waals surface area contributed by atoms with Gasteiger partial charge in [0.2, 0.25) is 0 Å². The molecule has 90 valence electrons. The Morgan fingerprint density at radius 1 is 1.25 bits per heavy atom. The molecule has 0 radical (unpaired) electrons. The maximum Gasteiger partial charge on any atom is 0.0618 e. The molecule has 0 bridgehead atoms. The number of ether oxygens (including phenoxy) is 1. The van der Waals surface area contributed by atoms with Crippen LogP contribution < -0.4 is 5.32 Å². The highest BCUT2D eigenvalue weighted by Gasteiger charge is 2.16. The zero-order chi connectivity index (χ0) is 12.0. The number of methoxy groups -OCH3 is 1. The van der Waals surface area contributed by atoms with Gasteiger partial charge in [-0.2, -0.15) is 0 Å². The van der Waals surface area contributed by atoms with E-state index in [1.54, 1.807) is 7.11 Å². The van der Waals surface area contributed by atoms with Crippen LogP contribution in [-0.4, -0.2) is 24.7 Å². The molecule has 2 atom stereocenters. The van der Waals surface area contributed by atoms with Crippen LogP contribution in [0.4, 0.5) is 0 Å². The molecule has 0 aliphatic carbocycles. The minimum atomic E-state index is 0.325. The number of hydrogen-bond acceptors (Lipinski definition) is 3. The third-order valence-corrected chi connectivity index (χ3v) is 2.82. The first-order chi connectivity index (χ1) is 7.65. The summed E-state index contributed by atoms with van der Waals surface area (Å²) in [4.78, 5) is 4.03. The van der Waals surface area contributed by atoms with Crippen LogP contribution in [0.5, 0.6) is 0 Å². The van der Waals surface area contributed by atoms with Crippen molar-refractivity contribution in [1.82, 2.24) is 10.3 Å². The fraction of sp³-hybridized carbons (Fsp3) is 0.615. The predicted octanol–water partition coefficient (Wildman–Crippen LogP) is 2.40. The van der Waals surface area contributed by atoms with Gasteiger partial charge in [-0.1, -0.05) is 13.8 Å². The summed E-state index contributed by atoms with van der Waals surface area (Å²) in [5.41, 5.74) is 1.26. The first-order valence-electron chi connectivity index (χ1n) is 5.80. The highest BCUT2D eigenvalue weighted by molar-refractivity contribution is 5.14. The van der Waals surface area contributed by atoms with Crippen LogP contribution in [0.1, 0.15) is 32.4 Å². The third kappa shape index (κ3) is 3.91. The molecule has 1 unspecified atom stereocenters. The molecule has 0 aromatic carbocycles. The van der Waals surface area contributed by atoms with Gasteiger partial charge >= 0.3 is 0 Å². The van der Waals surface area contributed by atoms with Crippen molar-refractivity contribution in [3.63, 3.8) is 0 Å². The molecule has 16 heavy (non-hydrogen) atoms. The Kier molecular flexibility index (Phi) is 5.43. The van der Waals surface area contributed by atoms with Gasteiger partial charge in [0.25, 0.3) is 0 Å². The molecule has 3 heteroatoms. The van der Waals surface area contributed by atoms with Gasteiger partial charge in [-0.05, 0) is 30.5 Å². The van der Waals surface area contributed by atoms with Crippen LogP contribution in [-0.2, 0) is 4.74 Å². The molecule has 0 saturated carbocycles. The Balaban J connectivity index is 2.58. The lowest BCUT2D eigenvalue weighted by atomic mass is 10.0. The number of rotatable bonds is 6. The van der Waals surface area contributed by atoms with Crippen LogP contribution in [0.15, 0.2) is 24.5 Å². The van der Waals surface area contributed by atoms with Crippen molar-refractivity contribution in [2.45, 2.75) is 32.9 Å². The Hall–Kier alpha value is -0.930. The van der Waals surface area contributed by atoms with Gasteiger partial charge in [0.1, 0.15) is 0 Å². The highest BCUT2D eigenvalue weighted by Crippen LogP contribution is 2.14. The second-order valence-electron chi connectivity index (χ2n) is 4.47. The first-order valence-corrected chi connectivity index (χ1v) is 5.80. The second-order valence-corrected chi connectivity index (χ2v) is 4.47. The molecule has 1 aromatic rings. The Morgan fingerprint density at radius 3 is 2.38 bits per heavy atom. The van der Waals surface area contributed by atoms with E-state index in [2.05, 4.69) is 31.1 Å². The average molecular weight is 222 g/mol. The molecule has 0 saturated heterocycles. The molecule has 0 spiro atoms. The van der Waals surface area contributed by atoms with E-state index in [4.69, 9.17) is 4.74 Å². The molecule has 0 fully saturated rings. The topological polar surface area (TPSA) is 34.1 Å². The number of pyridine rings is 1. The maximum absolute atomic E-state index is 5.23. The van der Waals surface area contributed by atoms with E-state index in [-0.39, 0.29) is 0 Å². The lowest BCUT2D eigenvalue weighted by Gasteiger charge is -2.26. The number of aromatic nitrogens is 1. The standard InChI is InChI=1S/C13H22N2O/c1-10(2)13(9-16-4)15-11(3)12-5-7-14-8-6-12/h5-8,10-11,13,15H,9H2,1-4H3/t11-,13?/m1/s1. The van der Waals surface area contributed by atoms with E-state index < -0.39 is 0 Å². The summed E-state index contributed by atoms with van der Waals surface area (Å²) in [5.74, 6) is 0.559. The summed E-state index contributed by atoms with van der Waals surface area (Å²) in [6, 6.07) is 4.79. The summed E-state index contributed by atoms with van der Waals surface area (Å²) in [6.45, 7) is 7.32. The minimum Gasteiger partial charge on any atom is -0.383 e. The fourth-order valence-electron chi connectivity index (χ4n) is 1.68. The Morgan fingerprint density at radius 2 is 1.88 bits per heavy atom. The Bertz CT molecular complexity index is 287. The van der Waals surface area contributed by atoms with Gasteiger partial charge in [-0.15, -0.1) is 0 Å². The number of nitrogens with zero attached hydrogens (tertiary/aromatic N) is 1. The van der Waals surface area contributed by atoms with Crippen molar-refractivity contribution >= 4 is 0 Å². The van der Waals surface area contributed by atoms with Crippen molar-refractivity contribution in [1.29, 1.82) is 0 Å². The molecule has 1 aromatic heterocycles. The molecule has 1 rings (SSSR count). The predicted molar refractivity (Wildman–Crippen MR) is 66.3 cm³/mol. The van der Waals surface area contributed by atoms with Crippen molar-refractivity contribution in [2.75, 3.05) is 13.7 Å². The third-order valence-electron chi connectivity index (χ3n) is 2.82. The van der Waals surface area contributed by atoms with Crippen molar-refractivity contribution < 1.29 is 4.74 Å². The summed E-state index contributed by atoms with van der Waals surface area (Å²) in [6.07, 6.45) is 3.66. The van der Waals surface area contributed by atoms with Gasteiger partial charge < -0.3 is 10.1 Å². The molecule has 0 aliphatic heterocycles. The van der Waals surface area contributed by atoms with E-state index >= 15 is 0 Å². The van der Waals surface area contributed by atoms with E-state index in [0.717, 1.165) is 6.61 Å². The molecule has 0 aliphatic rings. The fourth-order valence-corrected chi connectivity index (χ4v) is 1.68. The lowest BCUT2D eigenvalue weighted by Crippen LogP contribution is -2.39. The number of hydrogen-bond donors (Lipinski definition) is 1. The van der Waals surface area contributed by atoms with Crippen LogP contribution in [0.25, 0.3) is 0 Å². The molecular weight excluding hydrogens is 200 g/mol. The van der Waals surface area contributed by atoms with Crippen LogP contribution in [0.3, 0.4) is 0 Å². The van der Waals surface area contributed by atoms with E-state index in [1.807, 2.05) is 24.5 Å². The molecule has 3 nitrogen and oxygen atoms in total. The van der Waals surface area contributed by atoms with E-state index in [0.29, 0.717) is 18.0 Å². The monoisotopic (exact) mass is 222 g/mol. The Labute approximate surface area is 98.2 Å². The summed E-state index contributed by atoms with van der Waals surface area (Å²) >= 11 is 0. The second kappa shape index (κ2) is 6.61. The summed E-state index contributed by atoms with van der Waals surface area (Å²) in [7, 11) is 1.74. The van der Waals surface area contributed by atoms with Crippen LogP contribution >= 0.6 is 0 Å². The quantitative estimate of drug-likeness (QED) is 0.802. The summed E-state index contributed by atoms with van der Waals surface area (Å²) in [5, 5.41) is 3.58. The van der Waals surface area contributed by atoms with Crippen molar-refractivity contribution in [3.8, 4) is 0 Å². The van der Waals surface area contributed by atoms with Crippen molar-refractivity contribution in [3.05, 3.63) is 30.1 Å². The average Bonchev–Trinajstić information content (AvgIpc) is 2.29. The highest BCUT2D eigenvalue weighted by atomic mass is 16.5. The molecule has 0 amide bonds. The van der Waals surface area contributed by atoms with Gasteiger partial charge in [-0.3, -0.25) is 4.98 Å². The van der Waals surface area contributed by atoms with Crippen LogP contribution in [0.2, 0.25) is 0 Å². The van der Waals surface area contributed by atoms with E-state index in [1.165, 1.54) is 5.56 Å². The van der Waals surface area contributed by atoms with Crippen LogP contribution in [0, 0.1) is 5.92 Å². The normalized spacial score (nSPS) is 15.1. The largest absolute Gasteiger partial charge is 0.383 e. The SMILES string of the molecule is COCC(N[C@H](C)c1ccncc1)C(C)C. The maximum atomic E-state index is 5.23. The molecule has 1 heterocycles. The zero-order valence-electron chi connectivity index (χ0n) is 10.6. The smallest absolute Gasteiger partial charge is 0.0618 e. The van der Waals surface area contributed by atoms with Gasteiger partial charge in [0.05, 0.1) is 6.61 Å². The molecule has 1 N–H and O–H groups in total. The zero-order valence-corrected chi connectivity index (χ0v) is 10.6. The van der Waals surface area contributed by atoms with Gasteiger partial charge in [0, 0.05) is 31.6 Å². The van der Waals surface area contributed by atoms with Crippen molar-refractivity contribution in [2.24, 2.45) is 5.92 Å². The summed E-state index contributed by atoms with van der Waals surface area (Å²) < 4.78 is 5.23.